The van der Waals surface area contributed by atoms with E-state index in [1.54, 1.807) is 34.9 Å². The maximum Gasteiger partial charge on any atom is 0.192 e. The summed E-state index contributed by atoms with van der Waals surface area (Å²) in [5.74, 6) is 0. The third-order valence-corrected chi connectivity index (χ3v) is 4.38. The molecule has 0 saturated heterocycles. The molecule has 0 fully saturated rings. The van der Waals surface area contributed by atoms with Crippen LogP contribution < -0.4 is 0 Å². The molecule has 0 amide bonds. The maximum atomic E-state index is 11.8. The maximum absolute atomic E-state index is 11.8. The molecular formula is C20H43NO5. The van der Waals surface area contributed by atoms with Crippen molar-refractivity contribution in [3.05, 3.63) is 5.21 Å². The van der Waals surface area contributed by atoms with Crippen LogP contribution in [0, 0.1) is 5.21 Å². The Labute approximate surface area is 161 Å². The number of ether oxygens (including phenoxy) is 4. The molecule has 0 saturated carbocycles. The lowest BCUT2D eigenvalue weighted by molar-refractivity contribution is -0.892. The Kier molecular flexibility index (Phi) is 14.6. The van der Waals surface area contributed by atoms with E-state index < -0.39 is 23.5 Å². The predicted octanol–water partition coefficient (Wildman–Crippen LogP) is 5.15. The van der Waals surface area contributed by atoms with E-state index in [0.29, 0.717) is 6.61 Å². The van der Waals surface area contributed by atoms with Crippen LogP contribution in [0.1, 0.15) is 86.0 Å². The average Bonchev–Trinajstić information content (AvgIpc) is 2.51. The van der Waals surface area contributed by atoms with Crippen LogP contribution in [-0.2, 0) is 18.9 Å². The molecule has 0 bridgehead atoms. The van der Waals surface area contributed by atoms with Gasteiger partial charge in [0.25, 0.3) is 0 Å². The highest BCUT2D eigenvalue weighted by atomic mass is 16.8. The van der Waals surface area contributed by atoms with Crippen molar-refractivity contribution >= 4 is 0 Å². The minimum atomic E-state index is -0.527. The zero-order chi connectivity index (χ0) is 20.0. The molecule has 4 atom stereocenters. The zero-order valence-electron chi connectivity index (χ0n) is 18.2. The van der Waals surface area contributed by atoms with Gasteiger partial charge in [-0.15, -0.1) is 0 Å². The molecule has 0 heterocycles. The van der Waals surface area contributed by atoms with Gasteiger partial charge in [-0.25, -0.2) is 0 Å². The normalized spacial score (nSPS) is 17.1. The fraction of sp³-hybridized carbons (Fsp3) is 1.00. The van der Waals surface area contributed by atoms with Gasteiger partial charge in [0, 0.05) is 13.5 Å². The summed E-state index contributed by atoms with van der Waals surface area (Å²) in [4.78, 5) is 0. The van der Waals surface area contributed by atoms with Crippen molar-refractivity contribution in [3.63, 3.8) is 0 Å². The summed E-state index contributed by atoms with van der Waals surface area (Å²) in [6.07, 6.45) is 8.42. The van der Waals surface area contributed by atoms with E-state index in [0.717, 1.165) is 6.42 Å². The van der Waals surface area contributed by atoms with Gasteiger partial charge >= 0.3 is 0 Å². The molecular weight excluding hydrogens is 334 g/mol. The zero-order valence-corrected chi connectivity index (χ0v) is 18.2. The Balaban J connectivity index is 3.68. The van der Waals surface area contributed by atoms with Gasteiger partial charge in [0.15, 0.2) is 25.1 Å². The summed E-state index contributed by atoms with van der Waals surface area (Å²) in [6.45, 7) is 10.1. The number of hydrogen-bond acceptors (Lipinski definition) is 5. The summed E-state index contributed by atoms with van der Waals surface area (Å²) < 4.78 is 22.0. The van der Waals surface area contributed by atoms with Crippen LogP contribution in [0.15, 0.2) is 0 Å². The molecule has 6 nitrogen and oxygen atoms in total. The van der Waals surface area contributed by atoms with Gasteiger partial charge in [-0.1, -0.05) is 51.9 Å². The Bertz CT molecular complexity index is 322. The van der Waals surface area contributed by atoms with Gasteiger partial charge in [-0.3, -0.25) is 0 Å². The van der Waals surface area contributed by atoms with Crippen LogP contribution in [0.5, 0.6) is 0 Å². The van der Waals surface area contributed by atoms with Crippen LogP contribution in [0.25, 0.3) is 0 Å². The summed E-state index contributed by atoms with van der Waals surface area (Å²) in [5.41, 5.74) is 0. The molecule has 26 heavy (non-hydrogen) atoms. The van der Waals surface area contributed by atoms with Crippen molar-refractivity contribution in [3.8, 4) is 0 Å². The van der Waals surface area contributed by atoms with Gasteiger partial charge in [0.05, 0.1) is 14.1 Å². The molecule has 0 aromatic rings. The summed E-state index contributed by atoms with van der Waals surface area (Å²) in [5, 5.41) is 11.8. The van der Waals surface area contributed by atoms with Gasteiger partial charge in [-0.2, -0.15) is 0 Å². The molecule has 158 valence electrons. The number of hydroxylamine groups is 3. The molecule has 0 aromatic carbocycles. The van der Waals surface area contributed by atoms with Crippen LogP contribution in [0.4, 0.5) is 0 Å². The molecule has 0 rings (SSSR count). The second-order valence-electron chi connectivity index (χ2n) is 7.49. The van der Waals surface area contributed by atoms with Gasteiger partial charge in [-0.05, 0) is 27.2 Å². The fourth-order valence-electron chi connectivity index (χ4n) is 2.55. The molecule has 0 N–H and O–H groups in total. The van der Waals surface area contributed by atoms with Crippen molar-refractivity contribution < 1.29 is 23.6 Å². The third-order valence-electron chi connectivity index (χ3n) is 4.38. The predicted molar refractivity (Wildman–Crippen MR) is 105 cm³/mol. The second-order valence-corrected chi connectivity index (χ2v) is 7.49. The van der Waals surface area contributed by atoms with Crippen LogP contribution in [-0.4, -0.2) is 50.4 Å². The Morgan fingerprint density at radius 2 is 1.15 bits per heavy atom. The van der Waals surface area contributed by atoms with E-state index in [-0.39, 0.29) is 6.29 Å². The second kappa shape index (κ2) is 14.8. The first kappa shape index (κ1) is 25.8. The lowest BCUT2D eigenvalue weighted by Gasteiger charge is -2.40. The molecule has 0 radical (unpaired) electrons. The first-order chi connectivity index (χ1) is 12.2. The fourth-order valence-corrected chi connectivity index (χ4v) is 2.55. The number of quaternary nitrogens is 1. The Morgan fingerprint density at radius 3 is 1.69 bits per heavy atom. The van der Waals surface area contributed by atoms with Crippen LogP contribution in [0.2, 0.25) is 0 Å². The molecule has 0 aromatic heterocycles. The van der Waals surface area contributed by atoms with Crippen LogP contribution >= 0.6 is 0 Å². The van der Waals surface area contributed by atoms with Gasteiger partial charge in [0.2, 0.25) is 0 Å². The largest absolute Gasteiger partial charge is 0.631 e. The highest BCUT2D eigenvalue weighted by Gasteiger charge is 2.20. The number of hydrogen-bond donors (Lipinski definition) is 0. The first-order valence-corrected chi connectivity index (χ1v) is 10.3. The smallest absolute Gasteiger partial charge is 0.192 e. The van der Waals surface area contributed by atoms with E-state index in [1.807, 2.05) is 6.92 Å². The SMILES string of the molecule is CCCCCCCCCCOC(C)OC(C)OC(C)OC(C)[N+](C)(C)[O-]. The van der Waals surface area contributed by atoms with Crippen molar-refractivity contribution in [2.24, 2.45) is 0 Å². The van der Waals surface area contributed by atoms with Crippen molar-refractivity contribution in [1.82, 2.24) is 0 Å². The van der Waals surface area contributed by atoms with Crippen molar-refractivity contribution in [2.75, 3.05) is 20.7 Å². The molecule has 6 heteroatoms. The minimum absolute atomic E-state index is 0.328. The molecule has 0 spiro atoms. The van der Waals surface area contributed by atoms with Gasteiger partial charge in [0.1, 0.15) is 0 Å². The standard InChI is InChI=1S/C20H43NO5/c1-8-9-10-11-12-13-14-15-16-23-18(3)25-20(5)26-19(4)24-17(2)21(6,7)22/h17-20H,8-16H2,1-7H3. The first-order valence-electron chi connectivity index (χ1n) is 10.3. The number of unbranched alkanes of at least 4 members (excludes halogenated alkanes) is 7. The molecule has 4 unspecified atom stereocenters. The van der Waals surface area contributed by atoms with E-state index in [9.17, 15) is 5.21 Å². The van der Waals surface area contributed by atoms with Crippen LogP contribution in [0.3, 0.4) is 0 Å². The number of rotatable bonds is 17. The highest BCUT2D eigenvalue weighted by molar-refractivity contribution is 4.47. The summed E-state index contributed by atoms with van der Waals surface area (Å²) in [7, 11) is 3.08. The Hall–Kier alpha value is -0.240. The molecule has 0 aliphatic heterocycles. The lowest BCUT2D eigenvalue weighted by atomic mass is 10.1. The van der Waals surface area contributed by atoms with E-state index in [4.69, 9.17) is 18.9 Å². The summed E-state index contributed by atoms with van der Waals surface area (Å²) in [6, 6.07) is 0. The van der Waals surface area contributed by atoms with Crippen molar-refractivity contribution in [1.29, 1.82) is 0 Å². The minimum Gasteiger partial charge on any atom is -0.631 e. The van der Waals surface area contributed by atoms with E-state index in [1.165, 1.54) is 44.9 Å². The third kappa shape index (κ3) is 14.9. The van der Waals surface area contributed by atoms with E-state index >= 15 is 0 Å². The topological polar surface area (TPSA) is 60.0 Å². The average molecular weight is 378 g/mol. The van der Waals surface area contributed by atoms with Gasteiger partial charge < -0.3 is 28.8 Å². The molecule has 0 aliphatic carbocycles. The lowest BCUT2D eigenvalue weighted by Crippen LogP contribution is -2.45. The number of nitrogens with zero attached hydrogens (tertiary/aromatic N) is 1. The summed E-state index contributed by atoms with van der Waals surface area (Å²) >= 11 is 0. The monoisotopic (exact) mass is 377 g/mol. The van der Waals surface area contributed by atoms with E-state index in [2.05, 4.69) is 6.92 Å². The molecule has 0 aliphatic rings. The van der Waals surface area contributed by atoms with Crippen molar-refractivity contribution in [2.45, 2.75) is 111 Å². The highest BCUT2D eigenvalue weighted by Crippen LogP contribution is 2.12. The quantitative estimate of drug-likeness (QED) is 0.152. The Morgan fingerprint density at radius 1 is 0.692 bits per heavy atom.